The second-order valence-corrected chi connectivity index (χ2v) is 5.47. The molecule has 2 aromatic rings. The van der Waals surface area contributed by atoms with Crippen LogP contribution in [0.4, 0.5) is 0 Å². The van der Waals surface area contributed by atoms with Crippen molar-refractivity contribution in [3.8, 4) is 5.75 Å². The van der Waals surface area contributed by atoms with E-state index in [0.717, 1.165) is 49.6 Å². The lowest BCUT2D eigenvalue weighted by atomic mass is 10.2. The molecule has 1 aromatic carbocycles. The largest absolute Gasteiger partial charge is 0.508 e. The summed E-state index contributed by atoms with van der Waals surface area (Å²) in [6, 6.07) is 5.54. The topological polar surface area (TPSA) is 55.4 Å². The van der Waals surface area contributed by atoms with Gasteiger partial charge in [0.2, 0.25) is 0 Å². The molecule has 1 aromatic heterocycles. The molecule has 0 bridgehead atoms. The molecule has 1 fully saturated rings. The Morgan fingerprint density at radius 1 is 1.30 bits per heavy atom. The van der Waals surface area contributed by atoms with Crippen molar-refractivity contribution >= 4 is 11.0 Å². The molecule has 2 N–H and O–H groups in total. The number of rotatable bonds is 3. The van der Waals surface area contributed by atoms with E-state index >= 15 is 0 Å². The third kappa shape index (κ3) is 2.51. The number of phenols is 1. The van der Waals surface area contributed by atoms with Crippen molar-refractivity contribution in [3.05, 3.63) is 24.0 Å². The molecule has 20 heavy (non-hydrogen) atoms. The van der Waals surface area contributed by atoms with Gasteiger partial charge in [-0.15, -0.1) is 0 Å². The number of phenolic OH excluding ortho intramolecular Hbond substituents is 1. The molecular formula is C15H22N4O. The zero-order chi connectivity index (χ0) is 14.1. The predicted molar refractivity (Wildman–Crippen MR) is 79.9 cm³/mol. The Bertz CT molecular complexity index is 587. The first-order valence-electron chi connectivity index (χ1n) is 7.32. The average molecular weight is 274 g/mol. The van der Waals surface area contributed by atoms with Crippen molar-refractivity contribution in [2.75, 3.05) is 32.7 Å². The number of imidazole rings is 1. The third-order valence-electron chi connectivity index (χ3n) is 4.28. The minimum Gasteiger partial charge on any atom is -0.508 e. The summed E-state index contributed by atoms with van der Waals surface area (Å²) in [6.45, 7) is 9.95. The summed E-state index contributed by atoms with van der Waals surface area (Å²) < 4.78 is 0. The van der Waals surface area contributed by atoms with Crippen LogP contribution in [0.5, 0.6) is 5.75 Å². The van der Waals surface area contributed by atoms with Gasteiger partial charge in [0.15, 0.2) is 0 Å². The molecular weight excluding hydrogens is 252 g/mol. The van der Waals surface area contributed by atoms with Gasteiger partial charge in [-0.2, -0.15) is 0 Å². The number of aromatic hydroxyl groups is 1. The predicted octanol–water partition coefficient (Wildman–Crippen LogP) is 1.97. The van der Waals surface area contributed by atoms with Crippen LogP contribution < -0.4 is 0 Å². The van der Waals surface area contributed by atoms with Crippen molar-refractivity contribution in [3.63, 3.8) is 0 Å². The van der Waals surface area contributed by atoms with Gasteiger partial charge in [0.05, 0.1) is 17.1 Å². The van der Waals surface area contributed by atoms with E-state index in [1.54, 1.807) is 12.1 Å². The summed E-state index contributed by atoms with van der Waals surface area (Å²) in [5.74, 6) is 1.26. The molecule has 0 aliphatic carbocycles. The normalized spacial score (nSPS) is 19.5. The highest BCUT2D eigenvalue weighted by Gasteiger charge is 2.23. The number of nitrogens with zero attached hydrogens (tertiary/aromatic N) is 3. The van der Waals surface area contributed by atoms with Gasteiger partial charge in [-0.05, 0) is 25.6 Å². The number of piperazine rings is 1. The number of hydrogen-bond acceptors (Lipinski definition) is 4. The highest BCUT2D eigenvalue weighted by molar-refractivity contribution is 5.76. The minimum atomic E-state index is 0.275. The Balaban J connectivity index is 1.77. The summed E-state index contributed by atoms with van der Waals surface area (Å²) in [5.41, 5.74) is 1.82. The third-order valence-corrected chi connectivity index (χ3v) is 4.28. The molecule has 108 valence electrons. The van der Waals surface area contributed by atoms with Gasteiger partial charge in [-0.3, -0.25) is 4.90 Å². The van der Waals surface area contributed by atoms with Crippen LogP contribution >= 0.6 is 0 Å². The van der Waals surface area contributed by atoms with E-state index in [1.165, 1.54) is 0 Å². The zero-order valence-corrected chi connectivity index (χ0v) is 12.1. The first-order chi connectivity index (χ1) is 9.67. The number of aromatic amines is 1. The monoisotopic (exact) mass is 274 g/mol. The van der Waals surface area contributed by atoms with Crippen LogP contribution in [0.15, 0.2) is 18.2 Å². The van der Waals surface area contributed by atoms with Crippen molar-refractivity contribution < 1.29 is 5.11 Å². The van der Waals surface area contributed by atoms with Gasteiger partial charge in [0.25, 0.3) is 0 Å². The molecule has 5 nitrogen and oxygen atoms in total. The molecule has 3 rings (SSSR count). The number of nitrogens with one attached hydrogen (secondary N) is 1. The fourth-order valence-corrected chi connectivity index (χ4v) is 2.86. The van der Waals surface area contributed by atoms with Crippen LogP contribution in [0.25, 0.3) is 11.0 Å². The second kappa shape index (κ2) is 5.42. The lowest BCUT2D eigenvalue weighted by Gasteiger charge is -2.36. The van der Waals surface area contributed by atoms with Gasteiger partial charge in [-0.25, -0.2) is 4.98 Å². The van der Waals surface area contributed by atoms with Crippen LogP contribution in [0, 0.1) is 0 Å². The maximum atomic E-state index is 9.52. The quantitative estimate of drug-likeness (QED) is 0.898. The Morgan fingerprint density at radius 2 is 2.05 bits per heavy atom. The smallest absolute Gasteiger partial charge is 0.124 e. The van der Waals surface area contributed by atoms with Gasteiger partial charge in [0, 0.05) is 32.2 Å². The van der Waals surface area contributed by atoms with E-state index in [-0.39, 0.29) is 11.8 Å². The Kier molecular flexibility index (Phi) is 3.63. The fourth-order valence-electron chi connectivity index (χ4n) is 2.86. The van der Waals surface area contributed by atoms with Crippen molar-refractivity contribution in [2.24, 2.45) is 0 Å². The molecule has 1 atom stereocenters. The van der Waals surface area contributed by atoms with E-state index in [1.807, 2.05) is 6.07 Å². The van der Waals surface area contributed by atoms with E-state index in [4.69, 9.17) is 0 Å². The summed E-state index contributed by atoms with van der Waals surface area (Å²) in [7, 11) is 0. The molecule has 2 heterocycles. The van der Waals surface area contributed by atoms with Gasteiger partial charge < -0.3 is 15.0 Å². The molecule has 1 aliphatic rings. The molecule has 1 aliphatic heterocycles. The molecule has 0 radical (unpaired) electrons. The van der Waals surface area contributed by atoms with Gasteiger partial charge >= 0.3 is 0 Å². The van der Waals surface area contributed by atoms with Crippen LogP contribution in [0.1, 0.15) is 25.7 Å². The zero-order valence-electron chi connectivity index (χ0n) is 12.1. The summed E-state index contributed by atoms with van der Waals surface area (Å²) >= 11 is 0. The van der Waals surface area contributed by atoms with Crippen molar-refractivity contribution in [2.45, 2.75) is 19.9 Å². The number of fused-ring (bicyclic) bond motifs is 1. The van der Waals surface area contributed by atoms with Crippen LogP contribution in [-0.4, -0.2) is 57.6 Å². The number of aromatic nitrogens is 2. The maximum absolute atomic E-state index is 9.52. The van der Waals surface area contributed by atoms with E-state index in [0.29, 0.717) is 0 Å². The number of likely N-dealkylation sites (N-methyl/N-ethyl adjacent to an activating group) is 1. The number of benzene rings is 1. The lowest BCUT2D eigenvalue weighted by Crippen LogP contribution is -2.47. The van der Waals surface area contributed by atoms with Gasteiger partial charge in [0.1, 0.15) is 11.6 Å². The standard InChI is InChI=1S/C15H22N4O/c1-3-18-6-8-19(9-7-18)11(2)15-16-13-5-4-12(20)10-14(13)17-15/h4-5,10-11,20H,3,6-9H2,1-2H3,(H,16,17). The van der Waals surface area contributed by atoms with Crippen LogP contribution in [0.2, 0.25) is 0 Å². The van der Waals surface area contributed by atoms with Crippen LogP contribution in [0.3, 0.4) is 0 Å². The maximum Gasteiger partial charge on any atom is 0.124 e. The summed E-state index contributed by atoms with van der Waals surface area (Å²) in [5, 5.41) is 9.52. The first-order valence-corrected chi connectivity index (χ1v) is 7.32. The SMILES string of the molecule is CCN1CCN(C(C)c2nc3ccc(O)cc3[nH]2)CC1. The second-order valence-electron chi connectivity index (χ2n) is 5.47. The molecule has 0 amide bonds. The molecule has 1 unspecified atom stereocenters. The fraction of sp³-hybridized carbons (Fsp3) is 0.533. The van der Waals surface area contributed by atoms with Crippen molar-refractivity contribution in [1.82, 2.24) is 19.8 Å². The number of H-pyrrole nitrogens is 1. The Hall–Kier alpha value is -1.59. The molecule has 0 spiro atoms. The van der Waals surface area contributed by atoms with Crippen LogP contribution in [-0.2, 0) is 0 Å². The first kappa shape index (κ1) is 13.4. The van der Waals surface area contributed by atoms with E-state index in [9.17, 15) is 5.11 Å². The van der Waals surface area contributed by atoms with Crippen molar-refractivity contribution in [1.29, 1.82) is 0 Å². The lowest BCUT2D eigenvalue weighted by molar-refractivity contribution is 0.103. The van der Waals surface area contributed by atoms with E-state index < -0.39 is 0 Å². The Labute approximate surface area is 119 Å². The molecule has 1 saturated heterocycles. The van der Waals surface area contributed by atoms with E-state index in [2.05, 4.69) is 33.6 Å². The molecule has 0 saturated carbocycles. The molecule has 5 heteroatoms. The van der Waals surface area contributed by atoms with Gasteiger partial charge in [-0.1, -0.05) is 6.92 Å². The minimum absolute atomic E-state index is 0.275. The number of hydrogen-bond donors (Lipinski definition) is 2. The highest BCUT2D eigenvalue weighted by Crippen LogP contribution is 2.24. The average Bonchev–Trinajstić information content (AvgIpc) is 2.89. The Morgan fingerprint density at radius 3 is 2.75 bits per heavy atom. The summed E-state index contributed by atoms with van der Waals surface area (Å²) in [4.78, 5) is 12.9. The highest BCUT2D eigenvalue weighted by atomic mass is 16.3. The summed E-state index contributed by atoms with van der Waals surface area (Å²) in [6.07, 6.45) is 0.